The van der Waals surface area contributed by atoms with Crippen molar-refractivity contribution >= 4 is 28.9 Å². The van der Waals surface area contributed by atoms with Gasteiger partial charge in [0, 0.05) is 18.5 Å². The van der Waals surface area contributed by atoms with Crippen LogP contribution in [0.25, 0.3) is 0 Å². The second-order valence-electron chi connectivity index (χ2n) is 4.84. The molecule has 3 rings (SSSR count). The maximum Gasteiger partial charge on any atom is 0.224 e. The molecule has 0 aromatic heterocycles. The van der Waals surface area contributed by atoms with E-state index in [-0.39, 0.29) is 5.91 Å². The van der Waals surface area contributed by atoms with Gasteiger partial charge in [-0.15, -0.1) is 0 Å². The number of rotatable bonds is 1. The van der Waals surface area contributed by atoms with Gasteiger partial charge in [-0.1, -0.05) is 11.6 Å². The Hall–Kier alpha value is -1.22. The Kier molecular flexibility index (Phi) is 2.51. The van der Waals surface area contributed by atoms with Crippen LogP contribution in [-0.4, -0.2) is 18.5 Å². The second kappa shape index (κ2) is 3.91. The molecule has 1 fully saturated rings. The van der Waals surface area contributed by atoms with Crippen molar-refractivity contribution in [3.63, 3.8) is 0 Å². The number of hydrogen-bond acceptors (Lipinski definition) is 2. The van der Waals surface area contributed by atoms with E-state index in [1.54, 1.807) is 6.92 Å². The van der Waals surface area contributed by atoms with E-state index in [9.17, 15) is 4.79 Å². The summed E-state index contributed by atoms with van der Waals surface area (Å²) in [4.78, 5) is 13.8. The molecule has 1 atom stereocenters. The van der Waals surface area contributed by atoms with Crippen molar-refractivity contribution in [3.8, 4) is 0 Å². The molecule has 4 heteroatoms. The Morgan fingerprint density at radius 2 is 2.24 bits per heavy atom. The molecule has 90 valence electrons. The molecule has 1 N–H and O–H groups in total. The highest BCUT2D eigenvalue weighted by Crippen LogP contribution is 2.42. The maximum absolute atomic E-state index is 11.9. The number of carbonyl (C=O) groups is 1. The van der Waals surface area contributed by atoms with Crippen molar-refractivity contribution in [1.29, 1.82) is 0 Å². The van der Waals surface area contributed by atoms with E-state index in [1.165, 1.54) is 12.8 Å². The van der Waals surface area contributed by atoms with Crippen LogP contribution in [0.1, 0.15) is 19.8 Å². The summed E-state index contributed by atoms with van der Waals surface area (Å²) in [6, 6.07) is 5.96. The number of halogens is 1. The van der Waals surface area contributed by atoms with Gasteiger partial charge in [0.25, 0.3) is 0 Å². The van der Waals surface area contributed by atoms with Crippen molar-refractivity contribution in [3.05, 3.63) is 23.2 Å². The SMILES string of the molecule is CC(=O)N1c2ccc(Cl)cc2NC[C@@H]1C1CC1. The minimum Gasteiger partial charge on any atom is -0.381 e. The predicted molar refractivity (Wildman–Crippen MR) is 69.6 cm³/mol. The van der Waals surface area contributed by atoms with Crippen LogP contribution >= 0.6 is 11.6 Å². The lowest BCUT2D eigenvalue weighted by Gasteiger charge is -2.37. The number of carbonyl (C=O) groups excluding carboxylic acids is 1. The van der Waals surface area contributed by atoms with Gasteiger partial charge in [0.2, 0.25) is 5.91 Å². The van der Waals surface area contributed by atoms with E-state index in [2.05, 4.69) is 5.32 Å². The molecule has 1 aromatic rings. The third-order valence-electron chi connectivity index (χ3n) is 3.56. The largest absolute Gasteiger partial charge is 0.381 e. The second-order valence-corrected chi connectivity index (χ2v) is 5.27. The number of amides is 1. The highest BCUT2D eigenvalue weighted by molar-refractivity contribution is 6.31. The maximum atomic E-state index is 11.9. The van der Waals surface area contributed by atoms with Gasteiger partial charge < -0.3 is 10.2 Å². The molecule has 1 amide bonds. The molecular weight excluding hydrogens is 236 g/mol. The monoisotopic (exact) mass is 250 g/mol. The van der Waals surface area contributed by atoms with E-state index in [0.29, 0.717) is 17.0 Å². The average molecular weight is 251 g/mol. The normalized spacial score (nSPS) is 22.9. The Balaban J connectivity index is 2.02. The Bertz CT molecular complexity index is 470. The average Bonchev–Trinajstić information content (AvgIpc) is 3.10. The van der Waals surface area contributed by atoms with Gasteiger partial charge in [-0.2, -0.15) is 0 Å². The molecule has 2 aliphatic rings. The first-order valence-corrected chi connectivity index (χ1v) is 6.38. The Morgan fingerprint density at radius 3 is 2.88 bits per heavy atom. The fourth-order valence-corrected chi connectivity index (χ4v) is 2.78. The van der Waals surface area contributed by atoms with E-state index in [1.807, 2.05) is 23.1 Å². The van der Waals surface area contributed by atoms with Crippen molar-refractivity contribution in [1.82, 2.24) is 0 Å². The van der Waals surface area contributed by atoms with Gasteiger partial charge in [-0.25, -0.2) is 0 Å². The van der Waals surface area contributed by atoms with Gasteiger partial charge in [0.05, 0.1) is 17.4 Å². The zero-order valence-electron chi connectivity index (χ0n) is 9.74. The molecule has 0 unspecified atom stereocenters. The molecule has 0 spiro atoms. The summed E-state index contributed by atoms with van der Waals surface area (Å²) in [6.45, 7) is 2.47. The zero-order chi connectivity index (χ0) is 12.0. The van der Waals surface area contributed by atoms with Crippen molar-refractivity contribution < 1.29 is 4.79 Å². The van der Waals surface area contributed by atoms with Crippen LogP contribution < -0.4 is 10.2 Å². The molecule has 3 nitrogen and oxygen atoms in total. The number of anilines is 2. The highest BCUT2D eigenvalue weighted by Gasteiger charge is 2.39. The predicted octanol–water partition coefficient (Wildman–Crippen LogP) is 2.90. The summed E-state index contributed by atoms with van der Waals surface area (Å²) >= 11 is 5.97. The van der Waals surface area contributed by atoms with Crippen molar-refractivity contribution in [2.24, 2.45) is 5.92 Å². The molecule has 1 saturated carbocycles. The van der Waals surface area contributed by atoms with Crippen LogP contribution in [0.4, 0.5) is 11.4 Å². The standard InChI is InChI=1S/C13H15ClN2O/c1-8(17)16-12-5-4-10(14)6-11(12)15-7-13(16)9-2-3-9/h4-6,9,13,15H,2-3,7H2,1H3/t13-/m1/s1. The van der Waals surface area contributed by atoms with Gasteiger partial charge in [0.15, 0.2) is 0 Å². The van der Waals surface area contributed by atoms with E-state index >= 15 is 0 Å². The minimum atomic E-state index is 0.118. The Labute approximate surface area is 106 Å². The number of hydrogen-bond donors (Lipinski definition) is 1. The summed E-state index contributed by atoms with van der Waals surface area (Å²) in [5.74, 6) is 0.780. The van der Waals surface area contributed by atoms with Gasteiger partial charge >= 0.3 is 0 Å². The van der Waals surface area contributed by atoms with Crippen LogP contribution in [0.2, 0.25) is 5.02 Å². The molecule has 1 aromatic carbocycles. The van der Waals surface area contributed by atoms with Crippen LogP contribution in [0.3, 0.4) is 0 Å². The first-order chi connectivity index (χ1) is 8.16. The molecule has 1 aliphatic carbocycles. The number of fused-ring (bicyclic) bond motifs is 1. The minimum absolute atomic E-state index is 0.118. The summed E-state index contributed by atoms with van der Waals surface area (Å²) in [5, 5.41) is 4.08. The summed E-state index contributed by atoms with van der Waals surface area (Å²) in [5.41, 5.74) is 1.93. The lowest BCUT2D eigenvalue weighted by Crippen LogP contribution is -2.48. The van der Waals surface area contributed by atoms with Crippen LogP contribution in [0.15, 0.2) is 18.2 Å². The van der Waals surface area contributed by atoms with Crippen LogP contribution in [-0.2, 0) is 4.79 Å². The van der Waals surface area contributed by atoms with Gasteiger partial charge in [-0.3, -0.25) is 4.79 Å². The first kappa shape index (κ1) is 10.9. The topological polar surface area (TPSA) is 32.3 Å². The van der Waals surface area contributed by atoms with Crippen molar-refractivity contribution in [2.45, 2.75) is 25.8 Å². The van der Waals surface area contributed by atoms with Crippen molar-refractivity contribution in [2.75, 3.05) is 16.8 Å². The smallest absolute Gasteiger partial charge is 0.224 e. The summed E-state index contributed by atoms with van der Waals surface area (Å²) < 4.78 is 0. The van der Waals surface area contributed by atoms with Gasteiger partial charge in [0.1, 0.15) is 0 Å². The zero-order valence-corrected chi connectivity index (χ0v) is 10.5. The van der Waals surface area contributed by atoms with E-state index < -0.39 is 0 Å². The summed E-state index contributed by atoms with van der Waals surface area (Å²) in [6.07, 6.45) is 2.47. The number of nitrogens with zero attached hydrogens (tertiary/aromatic N) is 1. The molecule has 0 radical (unpaired) electrons. The third-order valence-corrected chi connectivity index (χ3v) is 3.79. The fraction of sp³-hybridized carbons (Fsp3) is 0.462. The molecular formula is C13H15ClN2O. The lowest BCUT2D eigenvalue weighted by atomic mass is 10.0. The lowest BCUT2D eigenvalue weighted by molar-refractivity contribution is -0.117. The Morgan fingerprint density at radius 1 is 1.47 bits per heavy atom. The van der Waals surface area contributed by atoms with E-state index in [0.717, 1.165) is 17.9 Å². The molecule has 1 aliphatic heterocycles. The highest BCUT2D eigenvalue weighted by atomic mass is 35.5. The van der Waals surface area contributed by atoms with Crippen LogP contribution in [0.5, 0.6) is 0 Å². The third kappa shape index (κ3) is 1.89. The molecule has 0 bridgehead atoms. The number of nitrogens with one attached hydrogen (secondary N) is 1. The fourth-order valence-electron chi connectivity index (χ4n) is 2.61. The summed E-state index contributed by atoms with van der Waals surface area (Å²) in [7, 11) is 0. The molecule has 1 heterocycles. The van der Waals surface area contributed by atoms with Gasteiger partial charge in [-0.05, 0) is 37.0 Å². The van der Waals surface area contributed by atoms with E-state index in [4.69, 9.17) is 11.6 Å². The quantitative estimate of drug-likeness (QED) is 0.831. The molecule has 0 saturated heterocycles. The van der Waals surface area contributed by atoms with Crippen LogP contribution in [0, 0.1) is 5.92 Å². The molecule has 17 heavy (non-hydrogen) atoms. The first-order valence-electron chi connectivity index (χ1n) is 6.00. The number of benzene rings is 1.